The second kappa shape index (κ2) is 6.61. The molecule has 0 fully saturated rings. The van der Waals surface area contributed by atoms with Crippen molar-refractivity contribution in [2.24, 2.45) is 5.92 Å². The van der Waals surface area contributed by atoms with Crippen molar-refractivity contribution in [3.8, 4) is 11.5 Å². The van der Waals surface area contributed by atoms with Gasteiger partial charge in [-0.25, -0.2) is 0 Å². The molecule has 0 spiro atoms. The average molecular weight is 331 g/mol. The Bertz CT molecular complexity index is 771. The lowest BCUT2D eigenvalue weighted by Gasteiger charge is -2.24. The van der Waals surface area contributed by atoms with Crippen LogP contribution in [-0.2, 0) is 22.6 Å². The summed E-state index contributed by atoms with van der Waals surface area (Å²) in [5.74, 6) is 0.217. The van der Waals surface area contributed by atoms with Gasteiger partial charge < -0.3 is 19.9 Å². The molecule has 8 heteroatoms. The van der Waals surface area contributed by atoms with Gasteiger partial charge in [-0.15, -0.1) is 0 Å². The molecule has 1 aromatic carbocycles. The molecule has 1 aliphatic rings. The fraction of sp³-hybridized carbons (Fsp3) is 0.312. The van der Waals surface area contributed by atoms with E-state index in [2.05, 4.69) is 10.4 Å². The number of hydrogen-bond acceptors (Lipinski definition) is 5. The first kappa shape index (κ1) is 15.9. The van der Waals surface area contributed by atoms with Crippen LogP contribution in [0.25, 0.3) is 0 Å². The van der Waals surface area contributed by atoms with Crippen LogP contribution in [0.1, 0.15) is 5.56 Å². The van der Waals surface area contributed by atoms with Crippen molar-refractivity contribution < 1.29 is 24.2 Å². The molecule has 0 saturated carbocycles. The van der Waals surface area contributed by atoms with E-state index in [0.29, 0.717) is 18.0 Å². The molecular weight excluding hydrogens is 314 g/mol. The Kier molecular flexibility index (Phi) is 4.37. The van der Waals surface area contributed by atoms with Crippen LogP contribution in [0.15, 0.2) is 30.5 Å². The zero-order chi connectivity index (χ0) is 17.1. The highest BCUT2D eigenvalue weighted by Gasteiger charge is 2.26. The fourth-order valence-electron chi connectivity index (χ4n) is 2.55. The van der Waals surface area contributed by atoms with Gasteiger partial charge in [0.1, 0.15) is 24.7 Å². The number of amides is 1. The lowest BCUT2D eigenvalue weighted by atomic mass is 9.96. The highest BCUT2D eigenvalue weighted by Crippen LogP contribution is 2.31. The van der Waals surface area contributed by atoms with Crippen molar-refractivity contribution >= 4 is 17.7 Å². The second-order valence-electron chi connectivity index (χ2n) is 5.47. The van der Waals surface area contributed by atoms with Gasteiger partial charge in [-0.05, 0) is 30.2 Å². The molecule has 0 radical (unpaired) electrons. The number of aliphatic carboxylic acids is 1. The summed E-state index contributed by atoms with van der Waals surface area (Å²) in [6.45, 7) is 0.0244. The van der Waals surface area contributed by atoms with Gasteiger partial charge in [0.15, 0.2) is 5.82 Å². The molecule has 0 bridgehead atoms. The van der Waals surface area contributed by atoms with E-state index in [-0.39, 0.29) is 25.0 Å². The van der Waals surface area contributed by atoms with E-state index in [4.69, 9.17) is 14.6 Å². The first-order valence-corrected chi connectivity index (χ1v) is 7.41. The van der Waals surface area contributed by atoms with Crippen LogP contribution in [0.3, 0.4) is 0 Å². The van der Waals surface area contributed by atoms with Crippen LogP contribution < -0.4 is 14.8 Å². The number of aromatic nitrogens is 2. The summed E-state index contributed by atoms with van der Waals surface area (Å²) < 4.78 is 12.1. The highest BCUT2D eigenvalue weighted by atomic mass is 16.5. The number of methoxy groups -OCH3 is 1. The van der Waals surface area contributed by atoms with Crippen LogP contribution >= 0.6 is 0 Å². The van der Waals surface area contributed by atoms with Crippen LogP contribution in [0.5, 0.6) is 11.5 Å². The summed E-state index contributed by atoms with van der Waals surface area (Å²) >= 11 is 0. The van der Waals surface area contributed by atoms with Gasteiger partial charge in [0.05, 0.1) is 13.0 Å². The van der Waals surface area contributed by atoms with Crippen LogP contribution in [0, 0.1) is 5.92 Å². The van der Waals surface area contributed by atoms with E-state index in [9.17, 15) is 9.59 Å². The minimum absolute atomic E-state index is 0.218. The fourth-order valence-corrected chi connectivity index (χ4v) is 2.55. The number of rotatable bonds is 5. The van der Waals surface area contributed by atoms with Crippen LogP contribution in [0.4, 0.5) is 5.82 Å². The van der Waals surface area contributed by atoms with Gasteiger partial charge in [-0.1, -0.05) is 0 Å². The minimum atomic E-state index is -0.998. The highest BCUT2D eigenvalue weighted by molar-refractivity contribution is 5.92. The molecule has 1 aromatic heterocycles. The summed E-state index contributed by atoms with van der Waals surface area (Å²) in [6.07, 6.45) is 2.04. The molecule has 2 N–H and O–H groups in total. The molecule has 3 rings (SSSR count). The number of carbonyl (C=O) groups is 2. The molecular formula is C16H17N3O5. The van der Waals surface area contributed by atoms with Crippen molar-refractivity contribution in [1.29, 1.82) is 0 Å². The number of ether oxygens (including phenoxy) is 2. The largest absolute Gasteiger partial charge is 0.497 e. The number of benzene rings is 1. The number of carboxylic acid groups (broad SMARTS) is 1. The monoisotopic (exact) mass is 331 g/mol. The van der Waals surface area contributed by atoms with E-state index in [1.54, 1.807) is 13.2 Å². The van der Waals surface area contributed by atoms with Crippen LogP contribution in [0.2, 0.25) is 0 Å². The predicted molar refractivity (Wildman–Crippen MR) is 84.2 cm³/mol. The standard InChI is InChI=1S/C16H17N3O5/c1-23-12-2-3-13-10(7-12)6-11(9-24-13)16(22)17-14-4-5-19(18-14)8-15(20)21/h2-5,7,11H,6,8-9H2,1H3,(H,20,21)(H,17,18,22). The lowest BCUT2D eigenvalue weighted by Crippen LogP contribution is -2.32. The number of nitrogens with one attached hydrogen (secondary N) is 1. The molecule has 126 valence electrons. The van der Waals surface area contributed by atoms with Gasteiger partial charge in [0, 0.05) is 12.3 Å². The first-order chi connectivity index (χ1) is 11.5. The Morgan fingerprint density at radius 1 is 1.46 bits per heavy atom. The zero-order valence-electron chi connectivity index (χ0n) is 13.1. The molecule has 1 amide bonds. The van der Waals surface area contributed by atoms with E-state index < -0.39 is 5.97 Å². The zero-order valence-corrected chi connectivity index (χ0v) is 13.1. The molecule has 8 nitrogen and oxygen atoms in total. The van der Waals surface area contributed by atoms with Crippen molar-refractivity contribution in [2.45, 2.75) is 13.0 Å². The third kappa shape index (κ3) is 3.48. The van der Waals surface area contributed by atoms with E-state index in [1.807, 2.05) is 18.2 Å². The van der Waals surface area contributed by atoms with Gasteiger partial charge in [0.2, 0.25) is 5.91 Å². The summed E-state index contributed by atoms with van der Waals surface area (Å²) in [7, 11) is 1.59. The molecule has 0 saturated heterocycles. The SMILES string of the molecule is COc1ccc2c(c1)CC(C(=O)Nc1ccn(CC(=O)O)n1)CO2. The second-order valence-corrected chi connectivity index (χ2v) is 5.47. The van der Waals surface area contributed by atoms with Crippen molar-refractivity contribution in [3.63, 3.8) is 0 Å². The minimum Gasteiger partial charge on any atom is -0.497 e. The predicted octanol–water partition coefficient (Wildman–Crippen LogP) is 1.17. The topological polar surface area (TPSA) is 103 Å². The maximum atomic E-state index is 12.4. The number of carbonyl (C=O) groups excluding carboxylic acids is 1. The molecule has 1 unspecified atom stereocenters. The summed E-state index contributed by atoms with van der Waals surface area (Å²) in [5, 5.41) is 15.4. The molecule has 2 aromatic rings. The van der Waals surface area contributed by atoms with Crippen molar-refractivity contribution in [3.05, 3.63) is 36.0 Å². The Hall–Kier alpha value is -3.03. The maximum Gasteiger partial charge on any atom is 0.325 e. The molecule has 24 heavy (non-hydrogen) atoms. The molecule has 1 aliphatic heterocycles. The smallest absolute Gasteiger partial charge is 0.325 e. The van der Waals surface area contributed by atoms with Gasteiger partial charge in [0.25, 0.3) is 0 Å². The maximum absolute atomic E-state index is 12.4. The van der Waals surface area contributed by atoms with E-state index in [1.165, 1.54) is 10.9 Å². The number of anilines is 1. The number of nitrogens with zero attached hydrogens (tertiary/aromatic N) is 2. The Morgan fingerprint density at radius 2 is 2.29 bits per heavy atom. The van der Waals surface area contributed by atoms with Crippen molar-refractivity contribution in [1.82, 2.24) is 9.78 Å². The van der Waals surface area contributed by atoms with Crippen molar-refractivity contribution in [2.75, 3.05) is 19.0 Å². The van der Waals surface area contributed by atoms with E-state index in [0.717, 1.165) is 11.3 Å². The summed E-state index contributed by atoms with van der Waals surface area (Å²) in [6, 6.07) is 7.06. The summed E-state index contributed by atoms with van der Waals surface area (Å²) in [5.41, 5.74) is 0.914. The Labute approximate surface area is 138 Å². The third-order valence-corrected chi connectivity index (χ3v) is 3.73. The lowest BCUT2D eigenvalue weighted by molar-refractivity contribution is -0.137. The van der Waals surface area contributed by atoms with E-state index >= 15 is 0 Å². The van der Waals surface area contributed by atoms with Gasteiger partial charge in [-0.2, -0.15) is 5.10 Å². The average Bonchev–Trinajstić information content (AvgIpc) is 2.99. The summed E-state index contributed by atoms with van der Waals surface area (Å²) in [4.78, 5) is 23.0. The third-order valence-electron chi connectivity index (χ3n) is 3.73. The first-order valence-electron chi connectivity index (χ1n) is 7.41. The molecule has 0 aliphatic carbocycles. The quantitative estimate of drug-likeness (QED) is 0.852. The molecule has 1 atom stereocenters. The Balaban J connectivity index is 1.65. The number of fused-ring (bicyclic) bond motifs is 1. The normalized spacial score (nSPS) is 16.0. The number of hydrogen-bond donors (Lipinski definition) is 2. The van der Waals surface area contributed by atoms with Gasteiger partial charge in [-0.3, -0.25) is 14.3 Å². The Morgan fingerprint density at radius 3 is 3.04 bits per heavy atom. The molecule has 2 heterocycles. The van der Waals surface area contributed by atoms with Crippen LogP contribution in [-0.4, -0.2) is 40.5 Å². The van der Waals surface area contributed by atoms with Gasteiger partial charge >= 0.3 is 5.97 Å². The number of carboxylic acids is 1.